The van der Waals surface area contributed by atoms with Gasteiger partial charge in [-0.15, -0.1) is 0 Å². The van der Waals surface area contributed by atoms with E-state index in [4.69, 9.17) is 4.74 Å². The van der Waals surface area contributed by atoms with Crippen molar-refractivity contribution >= 4 is 57.2 Å². The van der Waals surface area contributed by atoms with Crippen LogP contribution in [0.5, 0.6) is 0 Å². The fraction of sp³-hybridized carbons (Fsp3) is 0.0769. The molecule has 170 valence electrons. The number of amides is 1. The molecular formula is C26H19NO7. The first-order chi connectivity index (χ1) is 16.4. The number of nitrogens with zero attached hydrogens (tertiary/aromatic N) is 1. The summed E-state index contributed by atoms with van der Waals surface area (Å²) in [6.07, 6.45) is -0.150. The molecule has 2 N–H and O–H groups in total. The average molecular weight is 457 g/mol. The lowest BCUT2D eigenvalue weighted by Crippen LogP contribution is -2.29. The molecule has 0 aliphatic carbocycles. The summed E-state index contributed by atoms with van der Waals surface area (Å²) in [4.78, 5) is 50.2. The molecule has 8 nitrogen and oxygen atoms in total. The molecule has 4 rings (SSSR count). The monoisotopic (exact) mass is 457 g/mol. The summed E-state index contributed by atoms with van der Waals surface area (Å²) in [5, 5.41) is 21.3. The molecule has 0 spiro atoms. The molecule has 0 unspecified atom stereocenters. The summed E-state index contributed by atoms with van der Waals surface area (Å²) >= 11 is 0. The topological polar surface area (TPSA) is 121 Å². The van der Waals surface area contributed by atoms with Crippen LogP contribution in [0.3, 0.4) is 0 Å². The SMILES string of the molecule is CCOC(=O)N(c1ccc(C=O)c2ccccc12)c1c(C(=O)O)cc(C(=O)O)c2ccccc12. The van der Waals surface area contributed by atoms with Gasteiger partial charge in [0.2, 0.25) is 0 Å². The van der Waals surface area contributed by atoms with Gasteiger partial charge in [-0.1, -0.05) is 48.5 Å². The van der Waals surface area contributed by atoms with Crippen LogP contribution < -0.4 is 4.90 Å². The maximum atomic E-state index is 13.3. The smallest absolute Gasteiger partial charge is 0.418 e. The van der Waals surface area contributed by atoms with Crippen LogP contribution in [0.4, 0.5) is 16.2 Å². The van der Waals surface area contributed by atoms with Gasteiger partial charge in [0.1, 0.15) is 0 Å². The van der Waals surface area contributed by atoms with Crippen LogP contribution in [0.15, 0.2) is 66.7 Å². The Kier molecular flexibility index (Phi) is 5.97. The van der Waals surface area contributed by atoms with Gasteiger partial charge in [-0.3, -0.25) is 4.79 Å². The first kappa shape index (κ1) is 22.5. The minimum atomic E-state index is -1.41. The number of anilines is 2. The molecule has 8 heteroatoms. The summed E-state index contributed by atoms with van der Waals surface area (Å²) in [6, 6.07) is 17.4. The molecule has 0 saturated carbocycles. The second-order valence-corrected chi connectivity index (χ2v) is 7.35. The van der Waals surface area contributed by atoms with Crippen molar-refractivity contribution in [2.24, 2.45) is 0 Å². The number of carbonyl (C=O) groups excluding carboxylic acids is 2. The van der Waals surface area contributed by atoms with E-state index in [9.17, 15) is 29.4 Å². The van der Waals surface area contributed by atoms with Crippen molar-refractivity contribution in [3.8, 4) is 0 Å². The number of carboxylic acid groups (broad SMARTS) is 2. The molecule has 0 heterocycles. The number of rotatable bonds is 6. The van der Waals surface area contributed by atoms with E-state index in [0.717, 1.165) is 11.0 Å². The second-order valence-electron chi connectivity index (χ2n) is 7.35. The Morgan fingerprint density at radius 1 is 0.824 bits per heavy atom. The lowest BCUT2D eigenvalue weighted by atomic mass is 9.96. The summed E-state index contributed by atoms with van der Waals surface area (Å²) in [5.41, 5.74) is 0.0630. The highest BCUT2D eigenvalue weighted by Crippen LogP contribution is 2.41. The molecule has 4 aromatic rings. The Hall–Kier alpha value is -4.72. The van der Waals surface area contributed by atoms with E-state index < -0.39 is 18.0 Å². The normalized spacial score (nSPS) is 10.7. The van der Waals surface area contributed by atoms with Gasteiger partial charge in [0.05, 0.1) is 29.1 Å². The van der Waals surface area contributed by atoms with Gasteiger partial charge in [-0.25, -0.2) is 19.3 Å². The molecule has 0 aliphatic rings. The molecule has 0 aliphatic heterocycles. The molecule has 1 amide bonds. The summed E-state index contributed by atoms with van der Waals surface area (Å²) in [5.74, 6) is -2.71. The van der Waals surface area contributed by atoms with Crippen LogP contribution in [0, 0.1) is 0 Å². The van der Waals surface area contributed by atoms with Gasteiger partial charge < -0.3 is 14.9 Å². The van der Waals surface area contributed by atoms with Crippen molar-refractivity contribution in [2.45, 2.75) is 6.92 Å². The first-order valence-electron chi connectivity index (χ1n) is 10.3. The third-order valence-electron chi connectivity index (χ3n) is 5.45. The van der Waals surface area contributed by atoms with Crippen LogP contribution in [-0.4, -0.2) is 41.1 Å². The fourth-order valence-corrected chi connectivity index (χ4v) is 4.04. The maximum absolute atomic E-state index is 13.3. The Balaban J connectivity index is 2.17. The molecule has 34 heavy (non-hydrogen) atoms. The van der Waals surface area contributed by atoms with Crippen molar-refractivity contribution in [3.05, 3.63) is 83.4 Å². The van der Waals surface area contributed by atoms with Crippen LogP contribution in [0.1, 0.15) is 38.0 Å². The minimum absolute atomic E-state index is 0.0211. The number of benzene rings is 4. The van der Waals surface area contributed by atoms with Crippen molar-refractivity contribution < 1.29 is 34.1 Å². The molecule has 0 saturated heterocycles. The number of ether oxygens (including phenoxy) is 1. The van der Waals surface area contributed by atoms with Gasteiger partial charge in [-0.05, 0) is 35.9 Å². The van der Waals surface area contributed by atoms with Crippen molar-refractivity contribution in [2.75, 3.05) is 11.5 Å². The van der Waals surface area contributed by atoms with E-state index in [0.29, 0.717) is 22.6 Å². The van der Waals surface area contributed by atoms with Gasteiger partial charge in [0, 0.05) is 16.3 Å². The Bertz CT molecular complexity index is 1480. The van der Waals surface area contributed by atoms with Gasteiger partial charge in [-0.2, -0.15) is 0 Å². The lowest BCUT2D eigenvalue weighted by Gasteiger charge is -2.27. The van der Waals surface area contributed by atoms with E-state index in [-0.39, 0.29) is 39.9 Å². The molecule has 0 atom stereocenters. The predicted octanol–water partition coefficient (Wildman–Crippen LogP) is 5.50. The number of carbonyl (C=O) groups is 4. The quantitative estimate of drug-likeness (QED) is 0.367. The average Bonchev–Trinajstić information content (AvgIpc) is 2.84. The van der Waals surface area contributed by atoms with Gasteiger partial charge in [0.25, 0.3) is 0 Å². The minimum Gasteiger partial charge on any atom is -0.478 e. The highest BCUT2D eigenvalue weighted by molar-refractivity contribution is 6.20. The zero-order valence-corrected chi connectivity index (χ0v) is 18.0. The van der Waals surface area contributed by atoms with Crippen molar-refractivity contribution in [3.63, 3.8) is 0 Å². The van der Waals surface area contributed by atoms with Crippen LogP contribution in [0.25, 0.3) is 21.5 Å². The van der Waals surface area contributed by atoms with Crippen LogP contribution >= 0.6 is 0 Å². The van der Waals surface area contributed by atoms with E-state index in [2.05, 4.69) is 0 Å². The number of fused-ring (bicyclic) bond motifs is 2. The Morgan fingerprint density at radius 3 is 2.00 bits per heavy atom. The number of hydrogen-bond acceptors (Lipinski definition) is 5. The lowest BCUT2D eigenvalue weighted by molar-refractivity contribution is 0.0696. The molecule has 0 fully saturated rings. The van der Waals surface area contributed by atoms with Crippen LogP contribution in [0.2, 0.25) is 0 Å². The van der Waals surface area contributed by atoms with Gasteiger partial charge in [0.15, 0.2) is 6.29 Å². The molecule has 0 aromatic heterocycles. The van der Waals surface area contributed by atoms with E-state index in [1.807, 2.05) is 0 Å². The van der Waals surface area contributed by atoms with E-state index >= 15 is 0 Å². The zero-order chi connectivity index (χ0) is 24.4. The molecule has 0 radical (unpaired) electrons. The van der Waals surface area contributed by atoms with Crippen molar-refractivity contribution in [1.29, 1.82) is 0 Å². The number of carboxylic acids is 2. The summed E-state index contributed by atoms with van der Waals surface area (Å²) < 4.78 is 5.29. The summed E-state index contributed by atoms with van der Waals surface area (Å²) in [7, 11) is 0. The standard InChI is InChI=1S/C26H19NO7/c1-2-34-26(33)27(22-12-11-15(14-28)16-7-3-5-9-18(16)22)23-19-10-6-4-8-17(19)20(24(29)30)13-21(23)25(31)32/h3-14H,2H2,1H3,(H,29,30)(H,31,32). The summed E-state index contributed by atoms with van der Waals surface area (Å²) in [6.45, 7) is 1.64. The highest BCUT2D eigenvalue weighted by atomic mass is 16.6. The van der Waals surface area contributed by atoms with E-state index in [1.54, 1.807) is 55.5 Å². The Morgan fingerprint density at radius 2 is 1.41 bits per heavy atom. The molecule has 0 bridgehead atoms. The zero-order valence-electron chi connectivity index (χ0n) is 18.0. The number of hydrogen-bond donors (Lipinski definition) is 2. The van der Waals surface area contributed by atoms with Crippen molar-refractivity contribution in [1.82, 2.24) is 0 Å². The second kappa shape index (κ2) is 9.03. The highest BCUT2D eigenvalue weighted by Gasteiger charge is 2.30. The Labute approximate surface area is 193 Å². The first-order valence-corrected chi connectivity index (χ1v) is 10.3. The number of aromatic carboxylic acids is 2. The fourth-order valence-electron chi connectivity index (χ4n) is 4.04. The largest absolute Gasteiger partial charge is 0.478 e. The van der Waals surface area contributed by atoms with E-state index in [1.165, 1.54) is 12.1 Å². The molecule has 4 aromatic carbocycles. The van der Waals surface area contributed by atoms with Crippen LogP contribution in [-0.2, 0) is 4.74 Å². The third kappa shape index (κ3) is 3.71. The third-order valence-corrected chi connectivity index (χ3v) is 5.45. The predicted molar refractivity (Wildman–Crippen MR) is 126 cm³/mol. The van der Waals surface area contributed by atoms with Gasteiger partial charge >= 0.3 is 18.0 Å². The maximum Gasteiger partial charge on any atom is 0.418 e. The molecular weight excluding hydrogens is 438 g/mol. The number of aldehydes is 1.